The first-order valence-corrected chi connectivity index (χ1v) is 6.97. The minimum absolute atomic E-state index is 0.386. The van der Waals surface area contributed by atoms with Crippen LogP contribution >= 0.6 is 11.3 Å². The molecule has 1 aromatic carbocycles. The summed E-state index contributed by atoms with van der Waals surface area (Å²) in [7, 11) is 1.73. The molecule has 0 saturated carbocycles. The molecule has 0 bridgehead atoms. The third-order valence-corrected chi connectivity index (χ3v) is 3.90. The molecule has 18 heavy (non-hydrogen) atoms. The summed E-state index contributed by atoms with van der Waals surface area (Å²) in [5.74, 6) is 0. The SMILES string of the molecule is COCC(C)NCc1ccc(-c2ccccc2)s1. The van der Waals surface area contributed by atoms with Gasteiger partial charge >= 0.3 is 0 Å². The topological polar surface area (TPSA) is 21.3 Å². The maximum Gasteiger partial charge on any atom is 0.0613 e. The average Bonchev–Trinajstić information content (AvgIpc) is 2.87. The molecule has 2 nitrogen and oxygen atoms in total. The van der Waals surface area contributed by atoms with Crippen LogP contribution in [0.1, 0.15) is 11.8 Å². The van der Waals surface area contributed by atoms with Gasteiger partial charge in [0, 0.05) is 29.5 Å². The van der Waals surface area contributed by atoms with Gasteiger partial charge in [-0.1, -0.05) is 30.3 Å². The molecule has 0 radical (unpaired) electrons. The molecule has 1 aromatic heterocycles. The standard InChI is InChI=1S/C15H19NOS/c1-12(11-17-2)16-10-14-8-9-15(18-14)13-6-4-3-5-7-13/h3-9,12,16H,10-11H2,1-2H3. The molecule has 96 valence electrons. The highest BCUT2D eigenvalue weighted by Crippen LogP contribution is 2.27. The smallest absolute Gasteiger partial charge is 0.0613 e. The highest BCUT2D eigenvalue weighted by molar-refractivity contribution is 7.15. The fourth-order valence-electron chi connectivity index (χ4n) is 1.81. The molecular formula is C15H19NOS. The maximum atomic E-state index is 5.11. The summed E-state index contributed by atoms with van der Waals surface area (Å²) in [6.07, 6.45) is 0. The summed E-state index contributed by atoms with van der Waals surface area (Å²) in [5.41, 5.74) is 1.29. The van der Waals surface area contributed by atoms with E-state index in [2.05, 4.69) is 48.6 Å². The normalized spacial score (nSPS) is 12.6. The summed E-state index contributed by atoms with van der Waals surface area (Å²) < 4.78 is 5.11. The molecule has 0 aliphatic heterocycles. The van der Waals surface area contributed by atoms with Crippen LogP contribution in [0.4, 0.5) is 0 Å². The van der Waals surface area contributed by atoms with Crippen molar-refractivity contribution in [3.63, 3.8) is 0 Å². The van der Waals surface area contributed by atoms with Gasteiger partial charge in [-0.2, -0.15) is 0 Å². The predicted octanol–water partition coefficient (Wildman–Crippen LogP) is 3.54. The molecule has 1 heterocycles. The quantitative estimate of drug-likeness (QED) is 0.858. The van der Waals surface area contributed by atoms with Crippen molar-refractivity contribution in [1.82, 2.24) is 5.32 Å². The van der Waals surface area contributed by atoms with Crippen molar-refractivity contribution in [3.8, 4) is 10.4 Å². The Kier molecular flexibility index (Phi) is 4.93. The van der Waals surface area contributed by atoms with E-state index in [4.69, 9.17) is 4.74 Å². The Hall–Kier alpha value is -1.16. The molecule has 2 rings (SSSR count). The summed E-state index contributed by atoms with van der Waals surface area (Å²) in [6.45, 7) is 3.79. The maximum absolute atomic E-state index is 5.11. The van der Waals surface area contributed by atoms with Crippen molar-refractivity contribution >= 4 is 11.3 Å². The summed E-state index contributed by atoms with van der Waals surface area (Å²) in [6, 6.07) is 15.3. The van der Waals surface area contributed by atoms with Crippen LogP contribution in [0.2, 0.25) is 0 Å². The number of benzene rings is 1. The van der Waals surface area contributed by atoms with Crippen LogP contribution in [-0.2, 0) is 11.3 Å². The molecular weight excluding hydrogens is 242 g/mol. The zero-order valence-electron chi connectivity index (χ0n) is 10.8. The molecule has 0 fully saturated rings. The first-order chi connectivity index (χ1) is 8.79. The Morgan fingerprint density at radius 1 is 1.17 bits per heavy atom. The zero-order chi connectivity index (χ0) is 12.8. The number of hydrogen-bond donors (Lipinski definition) is 1. The van der Waals surface area contributed by atoms with Crippen LogP contribution in [0.25, 0.3) is 10.4 Å². The number of rotatable bonds is 6. The van der Waals surface area contributed by atoms with Crippen LogP contribution in [0.3, 0.4) is 0 Å². The van der Waals surface area contributed by atoms with Crippen LogP contribution in [0.15, 0.2) is 42.5 Å². The molecule has 0 aliphatic rings. The number of nitrogens with one attached hydrogen (secondary N) is 1. The largest absolute Gasteiger partial charge is 0.383 e. The number of hydrogen-bond acceptors (Lipinski definition) is 3. The highest BCUT2D eigenvalue weighted by atomic mass is 32.1. The van der Waals surface area contributed by atoms with Crippen molar-refractivity contribution in [3.05, 3.63) is 47.3 Å². The predicted molar refractivity (Wildman–Crippen MR) is 77.9 cm³/mol. The van der Waals surface area contributed by atoms with Crippen molar-refractivity contribution < 1.29 is 4.74 Å². The van der Waals surface area contributed by atoms with Gasteiger partial charge < -0.3 is 10.1 Å². The van der Waals surface area contributed by atoms with Gasteiger partial charge in [0.15, 0.2) is 0 Å². The van der Waals surface area contributed by atoms with E-state index in [1.165, 1.54) is 15.3 Å². The lowest BCUT2D eigenvalue weighted by Crippen LogP contribution is -2.29. The number of thiophene rings is 1. The van der Waals surface area contributed by atoms with Gasteiger partial charge in [0.05, 0.1) is 6.61 Å². The summed E-state index contributed by atoms with van der Waals surface area (Å²) in [5, 5.41) is 3.45. The van der Waals surface area contributed by atoms with E-state index in [0.29, 0.717) is 6.04 Å². The van der Waals surface area contributed by atoms with Crippen molar-refractivity contribution in [2.45, 2.75) is 19.5 Å². The van der Waals surface area contributed by atoms with E-state index in [1.54, 1.807) is 7.11 Å². The van der Waals surface area contributed by atoms with E-state index < -0.39 is 0 Å². The molecule has 0 spiro atoms. The fourth-order valence-corrected chi connectivity index (χ4v) is 2.78. The van der Waals surface area contributed by atoms with Gasteiger partial charge in [-0.3, -0.25) is 0 Å². The van der Waals surface area contributed by atoms with Gasteiger partial charge in [-0.15, -0.1) is 11.3 Å². The average molecular weight is 261 g/mol. The van der Waals surface area contributed by atoms with Crippen LogP contribution in [0, 0.1) is 0 Å². The second-order valence-corrected chi connectivity index (χ2v) is 5.54. The molecule has 0 saturated heterocycles. The Balaban J connectivity index is 1.95. The molecule has 0 amide bonds. The van der Waals surface area contributed by atoms with Gasteiger partial charge in [0.25, 0.3) is 0 Å². The van der Waals surface area contributed by atoms with Crippen LogP contribution in [-0.4, -0.2) is 19.8 Å². The Bertz CT molecular complexity index is 466. The van der Waals surface area contributed by atoms with Crippen LogP contribution < -0.4 is 5.32 Å². The second-order valence-electron chi connectivity index (χ2n) is 4.37. The van der Waals surface area contributed by atoms with Crippen molar-refractivity contribution in [2.24, 2.45) is 0 Å². The Labute approximate surface area is 113 Å². The number of methoxy groups -OCH3 is 1. The van der Waals surface area contributed by atoms with Gasteiger partial charge in [-0.25, -0.2) is 0 Å². The molecule has 1 N–H and O–H groups in total. The Morgan fingerprint density at radius 3 is 2.67 bits per heavy atom. The van der Waals surface area contributed by atoms with Gasteiger partial charge in [0.2, 0.25) is 0 Å². The van der Waals surface area contributed by atoms with E-state index in [0.717, 1.165) is 13.2 Å². The van der Waals surface area contributed by atoms with E-state index in [1.807, 2.05) is 17.4 Å². The Morgan fingerprint density at radius 2 is 1.94 bits per heavy atom. The fraction of sp³-hybridized carbons (Fsp3) is 0.333. The first kappa shape index (κ1) is 13.3. The molecule has 0 aliphatic carbocycles. The zero-order valence-corrected chi connectivity index (χ0v) is 11.7. The minimum Gasteiger partial charge on any atom is -0.383 e. The monoisotopic (exact) mass is 261 g/mol. The summed E-state index contributed by atoms with van der Waals surface area (Å²) >= 11 is 1.84. The van der Waals surface area contributed by atoms with Gasteiger partial charge in [-0.05, 0) is 24.6 Å². The lowest BCUT2D eigenvalue weighted by Gasteiger charge is -2.11. The third-order valence-electron chi connectivity index (χ3n) is 2.76. The second kappa shape index (κ2) is 6.69. The van der Waals surface area contributed by atoms with Crippen molar-refractivity contribution in [2.75, 3.05) is 13.7 Å². The number of ether oxygens (including phenoxy) is 1. The molecule has 3 heteroatoms. The summed E-state index contributed by atoms with van der Waals surface area (Å²) in [4.78, 5) is 2.68. The molecule has 2 aromatic rings. The van der Waals surface area contributed by atoms with E-state index >= 15 is 0 Å². The molecule has 1 unspecified atom stereocenters. The molecule has 1 atom stereocenters. The third kappa shape index (κ3) is 3.67. The van der Waals surface area contributed by atoms with E-state index in [-0.39, 0.29) is 0 Å². The van der Waals surface area contributed by atoms with Crippen molar-refractivity contribution in [1.29, 1.82) is 0 Å². The van der Waals surface area contributed by atoms with Gasteiger partial charge in [0.1, 0.15) is 0 Å². The minimum atomic E-state index is 0.386. The first-order valence-electron chi connectivity index (χ1n) is 6.16. The van der Waals surface area contributed by atoms with E-state index in [9.17, 15) is 0 Å². The highest BCUT2D eigenvalue weighted by Gasteiger charge is 2.04. The lowest BCUT2D eigenvalue weighted by molar-refractivity contribution is 0.172. The van der Waals surface area contributed by atoms with Crippen LogP contribution in [0.5, 0.6) is 0 Å². The lowest BCUT2D eigenvalue weighted by atomic mass is 10.2.